The van der Waals surface area contributed by atoms with E-state index in [-0.39, 0.29) is 13.1 Å². The Labute approximate surface area is 70.4 Å². The molecule has 0 amide bonds. The molecular weight excluding hydrogens is 184 g/mol. The van der Waals surface area contributed by atoms with Crippen molar-refractivity contribution in [3.8, 4) is 0 Å². The van der Waals surface area contributed by atoms with Crippen molar-refractivity contribution in [2.45, 2.75) is 0 Å². The summed E-state index contributed by atoms with van der Waals surface area (Å²) in [7, 11) is -2.11. The Kier molecular flexibility index (Phi) is 2.36. The summed E-state index contributed by atoms with van der Waals surface area (Å²) >= 11 is 0. The number of carboxylic acids is 1. The van der Waals surface area contributed by atoms with Gasteiger partial charge in [0.25, 0.3) is 10.2 Å². The van der Waals surface area contributed by atoms with E-state index in [2.05, 4.69) is 4.72 Å². The lowest BCUT2D eigenvalue weighted by Crippen LogP contribution is -2.55. The molecule has 6 nitrogen and oxygen atoms in total. The van der Waals surface area contributed by atoms with Gasteiger partial charge in [-0.25, -0.2) is 4.72 Å². The molecule has 2 N–H and O–H groups in total. The van der Waals surface area contributed by atoms with E-state index in [0.29, 0.717) is 0 Å². The Morgan fingerprint density at radius 3 is 2.42 bits per heavy atom. The fraction of sp³-hybridized carbons (Fsp3) is 0.800. The Bertz CT molecular complexity index is 280. The number of hydrogen-bond donors (Lipinski definition) is 2. The van der Waals surface area contributed by atoms with E-state index in [1.165, 1.54) is 7.05 Å². The summed E-state index contributed by atoms with van der Waals surface area (Å²) in [6.45, 7) is 0.136. The van der Waals surface area contributed by atoms with Crippen LogP contribution in [0.1, 0.15) is 0 Å². The van der Waals surface area contributed by atoms with Crippen LogP contribution in [0.5, 0.6) is 0 Å². The molecule has 1 fully saturated rings. The minimum Gasteiger partial charge on any atom is -0.481 e. The molecular formula is C5H10N2O4S. The van der Waals surface area contributed by atoms with Gasteiger partial charge >= 0.3 is 5.97 Å². The average molecular weight is 194 g/mol. The van der Waals surface area contributed by atoms with Gasteiger partial charge in [-0.1, -0.05) is 0 Å². The zero-order chi connectivity index (χ0) is 9.35. The molecule has 0 spiro atoms. The van der Waals surface area contributed by atoms with Crippen molar-refractivity contribution in [1.82, 2.24) is 9.03 Å². The summed E-state index contributed by atoms with van der Waals surface area (Å²) in [6.07, 6.45) is 0. The molecule has 0 aromatic rings. The van der Waals surface area contributed by atoms with Crippen LogP contribution in [-0.2, 0) is 15.0 Å². The van der Waals surface area contributed by atoms with Crippen LogP contribution in [0.3, 0.4) is 0 Å². The Balaban J connectivity index is 2.50. The SMILES string of the molecule is CNS(=O)(=O)N1CC(C(=O)O)C1. The van der Waals surface area contributed by atoms with Crippen molar-refractivity contribution in [1.29, 1.82) is 0 Å². The van der Waals surface area contributed by atoms with E-state index < -0.39 is 22.1 Å². The predicted octanol–water partition coefficient (Wildman–Crippen LogP) is -1.53. The van der Waals surface area contributed by atoms with Crippen LogP contribution in [-0.4, -0.2) is 43.9 Å². The van der Waals surface area contributed by atoms with Gasteiger partial charge in [0.05, 0.1) is 5.92 Å². The van der Waals surface area contributed by atoms with Crippen LogP contribution in [0.4, 0.5) is 0 Å². The van der Waals surface area contributed by atoms with E-state index in [4.69, 9.17) is 5.11 Å². The molecule has 1 saturated heterocycles. The maximum absolute atomic E-state index is 11.0. The fourth-order valence-electron chi connectivity index (χ4n) is 0.920. The molecule has 12 heavy (non-hydrogen) atoms. The van der Waals surface area contributed by atoms with Gasteiger partial charge < -0.3 is 5.11 Å². The Morgan fingerprint density at radius 1 is 1.58 bits per heavy atom. The third kappa shape index (κ3) is 1.57. The molecule has 0 aromatic carbocycles. The molecule has 7 heteroatoms. The van der Waals surface area contributed by atoms with Crippen LogP contribution in [0.2, 0.25) is 0 Å². The maximum atomic E-state index is 11.0. The number of hydrogen-bond acceptors (Lipinski definition) is 3. The highest BCUT2D eigenvalue weighted by Gasteiger charge is 2.38. The zero-order valence-electron chi connectivity index (χ0n) is 6.52. The van der Waals surface area contributed by atoms with Crippen LogP contribution >= 0.6 is 0 Å². The summed E-state index contributed by atoms with van der Waals surface area (Å²) in [5, 5.41) is 8.45. The minimum atomic E-state index is -3.41. The van der Waals surface area contributed by atoms with E-state index in [9.17, 15) is 13.2 Å². The highest BCUT2D eigenvalue weighted by atomic mass is 32.2. The number of aliphatic carboxylic acids is 1. The topological polar surface area (TPSA) is 86.7 Å². The second kappa shape index (κ2) is 3.00. The first-order valence-corrected chi connectivity index (χ1v) is 4.83. The molecule has 0 aromatic heterocycles. The monoisotopic (exact) mass is 194 g/mol. The van der Waals surface area contributed by atoms with Crippen LogP contribution in [0.25, 0.3) is 0 Å². The van der Waals surface area contributed by atoms with Gasteiger partial charge in [-0.2, -0.15) is 12.7 Å². The molecule has 70 valence electrons. The lowest BCUT2D eigenvalue weighted by atomic mass is 10.0. The average Bonchev–Trinajstić information content (AvgIpc) is 1.82. The molecule has 0 atom stereocenters. The smallest absolute Gasteiger partial charge is 0.309 e. The second-order valence-corrected chi connectivity index (χ2v) is 4.44. The summed E-state index contributed by atoms with van der Waals surface area (Å²) < 4.78 is 25.1. The van der Waals surface area contributed by atoms with Gasteiger partial charge in [0.15, 0.2) is 0 Å². The molecule has 0 bridgehead atoms. The van der Waals surface area contributed by atoms with Crippen molar-refractivity contribution in [3.05, 3.63) is 0 Å². The van der Waals surface area contributed by atoms with Gasteiger partial charge in [-0.3, -0.25) is 4.79 Å². The quantitative estimate of drug-likeness (QED) is 0.570. The Hall–Kier alpha value is -0.660. The highest BCUT2D eigenvalue weighted by molar-refractivity contribution is 7.87. The summed E-state index contributed by atoms with van der Waals surface area (Å²) in [4.78, 5) is 10.3. The maximum Gasteiger partial charge on any atom is 0.309 e. The lowest BCUT2D eigenvalue weighted by Gasteiger charge is -2.34. The summed E-state index contributed by atoms with van der Waals surface area (Å²) in [6, 6.07) is 0. The standard InChI is InChI=1S/C5H10N2O4S/c1-6-12(10,11)7-2-4(3-7)5(8)9/h4,6H,2-3H2,1H3,(H,8,9). The number of nitrogens with zero attached hydrogens (tertiary/aromatic N) is 1. The Morgan fingerprint density at radius 2 is 2.08 bits per heavy atom. The number of nitrogens with one attached hydrogen (secondary N) is 1. The van der Waals surface area contributed by atoms with Crippen molar-refractivity contribution in [2.75, 3.05) is 20.1 Å². The molecule has 1 rings (SSSR count). The highest BCUT2D eigenvalue weighted by Crippen LogP contribution is 2.17. The van der Waals surface area contributed by atoms with Gasteiger partial charge in [-0.05, 0) is 0 Å². The lowest BCUT2D eigenvalue weighted by molar-refractivity contribution is -0.145. The third-order valence-electron chi connectivity index (χ3n) is 1.80. The number of carbonyl (C=O) groups is 1. The van der Waals surface area contributed by atoms with E-state index in [1.807, 2.05) is 0 Å². The number of rotatable bonds is 3. The minimum absolute atomic E-state index is 0.0680. The van der Waals surface area contributed by atoms with Crippen LogP contribution in [0, 0.1) is 5.92 Å². The van der Waals surface area contributed by atoms with Gasteiger partial charge in [-0.15, -0.1) is 0 Å². The van der Waals surface area contributed by atoms with Crippen LogP contribution in [0.15, 0.2) is 0 Å². The largest absolute Gasteiger partial charge is 0.481 e. The van der Waals surface area contributed by atoms with Gasteiger partial charge in [0.2, 0.25) is 0 Å². The zero-order valence-corrected chi connectivity index (χ0v) is 7.34. The first-order valence-electron chi connectivity index (χ1n) is 3.39. The molecule has 0 aliphatic carbocycles. The normalized spacial score (nSPS) is 20.4. The van der Waals surface area contributed by atoms with E-state index in [1.54, 1.807) is 0 Å². The van der Waals surface area contributed by atoms with Crippen molar-refractivity contribution in [2.24, 2.45) is 5.92 Å². The first-order chi connectivity index (χ1) is 5.47. The molecule has 0 saturated carbocycles. The first kappa shape index (κ1) is 9.43. The van der Waals surface area contributed by atoms with Crippen molar-refractivity contribution < 1.29 is 18.3 Å². The summed E-state index contributed by atoms with van der Waals surface area (Å²) in [5.74, 6) is -1.49. The molecule has 0 unspecified atom stereocenters. The summed E-state index contributed by atoms with van der Waals surface area (Å²) in [5.41, 5.74) is 0. The van der Waals surface area contributed by atoms with Crippen molar-refractivity contribution >= 4 is 16.2 Å². The predicted molar refractivity (Wildman–Crippen MR) is 40.7 cm³/mol. The second-order valence-electron chi connectivity index (χ2n) is 2.56. The van der Waals surface area contributed by atoms with Gasteiger partial charge in [0, 0.05) is 20.1 Å². The van der Waals surface area contributed by atoms with E-state index in [0.717, 1.165) is 4.31 Å². The van der Waals surface area contributed by atoms with Crippen molar-refractivity contribution in [3.63, 3.8) is 0 Å². The molecule has 0 radical (unpaired) electrons. The fourth-order valence-corrected chi connectivity index (χ4v) is 1.93. The van der Waals surface area contributed by atoms with E-state index >= 15 is 0 Å². The van der Waals surface area contributed by atoms with Crippen LogP contribution < -0.4 is 4.72 Å². The molecule has 1 aliphatic rings. The molecule has 1 aliphatic heterocycles. The number of carboxylic acid groups (broad SMARTS) is 1. The van der Waals surface area contributed by atoms with Gasteiger partial charge in [0.1, 0.15) is 0 Å². The third-order valence-corrected chi connectivity index (χ3v) is 3.29. The molecule has 1 heterocycles.